The predicted octanol–water partition coefficient (Wildman–Crippen LogP) is 0.919. The van der Waals surface area contributed by atoms with Crippen LogP contribution >= 0.6 is 24.4 Å². The zero-order valence-electron chi connectivity index (χ0n) is 12.8. The lowest BCUT2D eigenvalue weighted by Crippen LogP contribution is -2.58. The highest BCUT2D eigenvalue weighted by molar-refractivity contribution is 8.01. The Bertz CT molecular complexity index is 477. The standard InChI is InChI=1S/C14H22N2O4S2/c1-9(7-21)12(18)16-11(13(19)20)8-22-14(16)3-5-15(6-4-14)10(2)17/h9,11,21H,3-8H2,1-2H3,(H,19,20)/t9-,11-/m0/s1. The zero-order chi connectivity index (χ0) is 16.5. The van der Waals surface area contributed by atoms with Crippen molar-refractivity contribution in [1.82, 2.24) is 9.80 Å². The van der Waals surface area contributed by atoms with Crippen LogP contribution in [0.1, 0.15) is 26.7 Å². The van der Waals surface area contributed by atoms with E-state index in [4.69, 9.17) is 0 Å². The fourth-order valence-electron chi connectivity index (χ4n) is 3.07. The largest absolute Gasteiger partial charge is 0.480 e. The van der Waals surface area contributed by atoms with Crippen molar-refractivity contribution >= 4 is 42.2 Å². The molecule has 2 aliphatic heterocycles. The van der Waals surface area contributed by atoms with Crippen LogP contribution in [0.15, 0.2) is 0 Å². The summed E-state index contributed by atoms with van der Waals surface area (Å²) in [6.45, 7) is 4.43. The van der Waals surface area contributed by atoms with Crippen LogP contribution in [-0.2, 0) is 14.4 Å². The minimum absolute atomic E-state index is 0.0224. The van der Waals surface area contributed by atoms with E-state index in [0.717, 1.165) is 0 Å². The minimum atomic E-state index is -0.960. The van der Waals surface area contributed by atoms with Gasteiger partial charge in [0, 0.05) is 37.4 Å². The van der Waals surface area contributed by atoms with E-state index < -0.39 is 16.9 Å². The molecule has 2 aliphatic rings. The van der Waals surface area contributed by atoms with Crippen LogP contribution in [0.3, 0.4) is 0 Å². The molecule has 2 saturated heterocycles. The molecular formula is C14H22N2O4S2. The third-order valence-corrected chi connectivity index (χ3v) is 6.64. The molecule has 2 atom stereocenters. The molecule has 0 saturated carbocycles. The molecule has 0 bridgehead atoms. The average Bonchev–Trinajstić information content (AvgIpc) is 2.85. The molecule has 0 radical (unpaired) electrons. The van der Waals surface area contributed by atoms with E-state index >= 15 is 0 Å². The molecule has 2 amide bonds. The van der Waals surface area contributed by atoms with Crippen molar-refractivity contribution in [2.45, 2.75) is 37.6 Å². The van der Waals surface area contributed by atoms with Gasteiger partial charge in [-0.05, 0) is 12.8 Å². The number of thioether (sulfide) groups is 1. The average molecular weight is 346 g/mol. The number of rotatable bonds is 3. The molecule has 124 valence electrons. The van der Waals surface area contributed by atoms with E-state index in [0.29, 0.717) is 37.4 Å². The van der Waals surface area contributed by atoms with Gasteiger partial charge in [-0.3, -0.25) is 9.59 Å². The minimum Gasteiger partial charge on any atom is -0.480 e. The van der Waals surface area contributed by atoms with Crippen molar-refractivity contribution in [3.8, 4) is 0 Å². The molecule has 0 aliphatic carbocycles. The quantitative estimate of drug-likeness (QED) is 0.743. The molecule has 2 fully saturated rings. The van der Waals surface area contributed by atoms with Crippen molar-refractivity contribution < 1.29 is 19.5 Å². The highest BCUT2D eigenvalue weighted by atomic mass is 32.2. The summed E-state index contributed by atoms with van der Waals surface area (Å²) in [6, 6.07) is -0.788. The maximum atomic E-state index is 12.7. The SMILES string of the molecule is CC(=O)N1CCC2(CC1)SC[C@@H](C(=O)O)N2C(=O)[C@@H](C)CS. The Morgan fingerprint density at radius 1 is 1.36 bits per heavy atom. The lowest BCUT2D eigenvalue weighted by molar-refractivity contribution is -0.154. The maximum Gasteiger partial charge on any atom is 0.327 e. The Labute approximate surface area is 140 Å². The Morgan fingerprint density at radius 3 is 2.41 bits per heavy atom. The van der Waals surface area contributed by atoms with E-state index in [1.807, 2.05) is 0 Å². The summed E-state index contributed by atoms with van der Waals surface area (Å²) < 4.78 is 0. The summed E-state index contributed by atoms with van der Waals surface area (Å²) in [5, 5.41) is 9.45. The van der Waals surface area contributed by atoms with Gasteiger partial charge in [-0.25, -0.2) is 4.79 Å². The molecule has 1 N–H and O–H groups in total. The van der Waals surface area contributed by atoms with Gasteiger partial charge >= 0.3 is 5.97 Å². The van der Waals surface area contributed by atoms with Gasteiger partial charge in [0.1, 0.15) is 6.04 Å². The number of hydrogen-bond acceptors (Lipinski definition) is 5. The Kier molecular flexibility index (Phi) is 5.32. The molecule has 0 unspecified atom stereocenters. The van der Waals surface area contributed by atoms with Crippen molar-refractivity contribution in [3.05, 3.63) is 0 Å². The summed E-state index contributed by atoms with van der Waals surface area (Å²) in [6.07, 6.45) is 1.23. The van der Waals surface area contributed by atoms with Gasteiger partial charge < -0.3 is 14.9 Å². The summed E-state index contributed by atoms with van der Waals surface area (Å²) in [5.41, 5.74) is 0. The first-order valence-corrected chi connectivity index (χ1v) is 9.00. The normalized spacial score (nSPS) is 25.3. The molecule has 1 spiro atoms. The number of carbonyl (C=O) groups excluding carboxylic acids is 2. The van der Waals surface area contributed by atoms with E-state index in [9.17, 15) is 19.5 Å². The first-order valence-electron chi connectivity index (χ1n) is 7.38. The van der Waals surface area contributed by atoms with Crippen LogP contribution in [0.4, 0.5) is 0 Å². The third-order valence-electron chi connectivity index (χ3n) is 4.47. The number of nitrogens with zero attached hydrogens (tertiary/aromatic N) is 2. The summed E-state index contributed by atoms with van der Waals surface area (Å²) in [4.78, 5) is 38.5. The van der Waals surface area contributed by atoms with Gasteiger partial charge in [0.25, 0.3) is 0 Å². The smallest absolute Gasteiger partial charge is 0.327 e. The number of amides is 2. The van der Waals surface area contributed by atoms with Gasteiger partial charge in [0.2, 0.25) is 11.8 Å². The van der Waals surface area contributed by atoms with E-state index in [1.165, 1.54) is 6.92 Å². The van der Waals surface area contributed by atoms with Crippen molar-refractivity contribution in [1.29, 1.82) is 0 Å². The number of aliphatic carboxylic acids is 1. The second kappa shape index (κ2) is 6.70. The third kappa shape index (κ3) is 3.08. The van der Waals surface area contributed by atoms with Gasteiger partial charge in [-0.15, -0.1) is 11.8 Å². The molecule has 0 aromatic carbocycles. The molecule has 0 aromatic heterocycles. The van der Waals surface area contributed by atoms with Crippen LogP contribution < -0.4 is 0 Å². The number of carboxylic acids is 1. The van der Waals surface area contributed by atoms with Gasteiger partial charge in [-0.1, -0.05) is 6.92 Å². The second-order valence-corrected chi connectivity index (χ2v) is 7.66. The van der Waals surface area contributed by atoms with Crippen LogP contribution in [0.2, 0.25) is 0 Å². The van der Waals surface area contributed by atoms with Crippen molar-refractivity contribution in [3.63, 3.8) is 0 Å². The Hall–Kier alpha value is -0.890. The van der Waals surface area contributed by atoms with Crippen LogP contribution in [0.25, 0.3) is 0 Å². The van der Waals surface area contributed by atoms with Crippen molar-refractivity contribution in [2.75, 3.05) is 24.6 Å². The summed E-state index contributed by atoms with van der Waals surface area (Å²) in [5.74, 6) is -0.606. The molecule has 2 rings (SSSR count). The first-order chi connectivity index (χ1) is 10.3. The highest BCUT2D eigenvalue weighted by Gasteiger charge is 2.53. The number of likely N-dealkylation sites (tertiary alicyclic amines) is 1. The highest BCUT2D eigenvalue weighted by Crippen LogP contribution is 2.47. The second-order valence-electron chi connectivity index (χ2n) is 5.91. The summed E-state index contributed by atoms with van der Waals surface area (Å²) in [7, 11) is 0. The zero-order valence-corrected chi connectivity index (χ0v) is 14.5. The first kappa shape index (κ1) is 17.5. The maximum absolute atomic E-state index is 12.7. The molecular weight excluding hydrogens is 324 g/mol. The lowest BCUT2D eigenvalue weighted by Gasteiger charge is -2.45. The Balaban J connectivity index is 2.24. The molecule has 6 nitrogen and oxygen atoms in total. The number of piperidine rings is 1. The molecule has 8 heteroatoms. The van der Waals surface area contributed by atoms with Crippen LogP contribution in [0, 0.1) is 5.92 Å². The van der Waals surface area contributed by atoms with Gasteiger partial charge in [0.15, 0.2) is 0 Å². The Morgan fingerprint density at radius 2 is 1.95 bits per heavy atom. The lowest BCUT2D eigenvalue weighted by atomic mass is 9.98. The predicted molar refractivity (Wildman–Crippen MR) is 88.0 cm³/mol. The van der Waals surface area contributed by atoms with Gasteiger partial charge in [0.05, 0.1) is 4.87 Å². The van der Waals surface area contributed by atoms with E-state index in [-0.39, 0.29) is 17.7 Å². The number of carboxylic acid groups (broad SMARTS) is 1. The molecule has 2 heterocycles. The monoisotopic (exact) mass is 346 g/mol. The number of thiol groups is 1. The topological polar surface area (TPSA) is 77.9 Å². The molecule has 22 heavy (non-hydrogen) atoms. The van der Waals surface area contributed by atoms with Crippen LogP contribution in [0.5, 0.6) is 0 Å². The van der Waals surface area contributed by atoms with Crippen LogP contribution in [-0.4, -0.2) is 68.2 Å². The van der Waals surface area contributed by atoms with E-state index in [2.05, 4.69) is 12.6 Å². The number of carbonyl (C=O) groups is 3. The van der Waals surface area contributed by atoms with Gasteiger partial charge in [-0.2, -0.15) is 12.6 Å². The number of hydrogen-bond donors (Lipinski definition) is 2. The fraction of sp³-hybridized carbons (Fsp3) is 0.786. The van der Waals surface area contributed by atoms with E-state index in [1.54, 1.807) is 28.5 Å². The molecule has 0 aromatic rings. The summed E-state index contributed by atoms with van der Waals surface area (Å²) >= 11 is 5.71. The van der Waals surface area contributed by atoms with Crippen molar-refractivity contribution in [2.24, 2.45) is 5.92 Å². The fourth-order valence-corrected chi connectivity index (χ4v) is 4.81.